The minimum absolute atomic E-state index is 0.0281. The van der Waals surface area contributed by atoms with Crippen LogP contribution in [-0.4, -0.2) is 24.7 Å². The molecule has 116 valence electrons. The number of rotatable bonds is 9. The SMILES string of the molecule is C#CCCC1(CCNC(=O)COc2cccc(CN)c2)N=N1. The number of hydrogen-bond donors (Lipinski definition) is 2. The highest BCUT2D eigenvalue weighted by atomic mass is 16.5. The van der Waals surface area contributed by atoms with Gasteiger partial charge >= 0.3 is 0 Å². The molecule has 0 saturated heterocycles. The second-order valence-electron chi connectivity index (χ2n) is 5.13. The summed E-state index contributed by atoms with van der Waals surface area (Å²) in [5, 5.41) is 10.8. The topological polar surface area (TPSA) is 89.1 Å². The number of carbonyl (C=O) groups is 1. The fraction of sp³-hybridized carbons (Fsp3) is 0.438. The van der Waals surface area contributed by atoms with Crippen LogP contribution in [0.2, 0.25) is 0 Å². The Morgan fingerprint density at radius 1 is 1.41 bits per heavy atom. The Balaban J connectivity index is 1.65. The van der Waals surface area contributed by atoms with E-state index >= 15 is 0 Å². The van der Waals surface area contributed by atoms with Crippen molar-refractivity contribution >= 4 is 5.91 Å². The fourth-order valence-corrected chi connectivity index (χ4v) is 2.03. The molecule has 0 radical (unpaired) electrons. The highest BCUT2D eigenvalue weighted by Gasteiger charge is 2.38. The smallest absolute Gasteiger partial charge is 0.257 e. The van der Waals surface area contributed by atoms with Crippen LogP contribution in [-0.2, 0) is 11.3 Å². The van der Waals surface area contributed by atoms with Gasteiger partial charge in [0.2, 0.25) is 0 Å². The van der Waals surface area contributed by atoms with Crippen LogP contribution in [0, 0.1) is 12.3 Å². The lowest BCUT2D eigenvalue weighted by Crippen LogP contribution is -2.32. The first-order chi connectivity index (χ1) is 10.7. The number of nitrogens with two attached hydrogens (primary N) is 1. The largest absolute Gasteiger partial charge is 0.484 e. The molecule has 1 aromatic carbocycles. The normalized spacial score (nSPS) is 14.2. The highest BCUT2D eigenvalue weighted by molar-refractivity contribution is 5.77. The van der Waals surface area contributed by atoms with E-state index in [0.717, 1.165) is 12.0 Å². The monoisotopic (exact) mass is 300 g/mol. The second kappa shape index (κ2) is 7.57. The van der Waals surface area contributed by atoms with Crippen LogP contribution in [0.3, 0.4) is 0 Å². The van der Waals surface area contributed by atoms with Gasteiger partial charge in [-0.3, -0.25) is 4.79 Å². The van der Waals surface area contributed by atoms with E-state index in [1.54, 1.807) is 6.07 Å². The first kappa shape index (κ1) is 16.0. The predicted octanol–water partition coefficient (Wildman–Crippen LogP) is 1.61. The maximum atomic E-state index is 11.7. The number of amides is 1. The second-order valence-corrected chi connectivity index (χ2v) is 5.13. The van der Waals surface area contributed by atoms with Crippen molar-refractivity contribution in [3.63, 3.8) is 0 Å². The molecule has 0 unspecified atom stereocenters. The Labute approximate surface area is 130 Å². The lowest BCUT2D eigenvalue weighted by Gasteiger charge is -2.11. The molecule has 0 saturated carbocycles. The molecule has 1 aliphatic heterocycles. The van der Waals surface area contributed by atoms with E-state index < -0.39 is 0 Å². The van der Waals surface area contributed by atoms with Gasteiger partial charge in [-0.1, -0.05) is 12.1 Å². The van der Waals surface area contributed by atoms with Crippen molar-refractivity contribution in [1.29, 1.82) is 0 Å². The summed E-state index contributed by atoms with van der Waals surface area (Å²) >= 11 is 0. The molecule has 1 aliphatic rings. The van der Waals surface area contributed by atoms with Crippen LogP contribution in [0.4, 0.5) is 0 Å². The van der Waals surface area contributed by atoms with Crippen LogP contribution < -0.4 is 15.8 Å². The summed E-state index contributed by atoms with van der Waals surface area (Å²) < 4.78 is 5.43. The fourth-order valence-electron chi connectivity index (χ4n) is 2.03. The van der Waals surface area contributed by atoms with Gasteiger partial charge in [0.15, 0.2) is 12.3 Å². The Bertz CT molecular complexity index is 586. The zero-order valence-corrected chi connectivity index (χ0v) is 12.4. The minimum Gasteiger partial charge on any atom is -0.484 e. The van der Waals surface area contributed by atoms with Gasteiger partial charge in [0.1, 0.15) is 5.75 Å². The molecule has 0 fully saturated rings. The lowest BCUT2D eigenvalue weighted by atomic mass is 10.0. The van der Waals surface area contributed by atoms with Gasteiger partial charge in [-0.15, -0.1) is 12.3 Å². The summed E-state index contributed by atoms with van der Waals surface area (Å²) in [7, 11) is 0. The molecule has 1 amide bonds. The molecular formula is C16H20N4O2. The van der Waals surface area contributed by atoms with Crippen LogP contribution in [0.1, 0.15) is 24.8 Å². The van der Waals surface area contributed by atoms with Crippen molar-refractivity contribution in [2.45, 2.75) is 31.5 Å². The lowest BCUT2D eigenvalue weighted by molar-refractivity contribution is -0.123. The van der Waals surface area contributed by atoms with Crippen molar-refractivity contribution in [2.75, 3.05) is 13.2 Å². The summed E-state index contributed by atoms with van der Waals surface area (Å²) in [6.45, 7) is 0.915. The van der Waals surface area contributed by atoms with Crippen molar-refractivity contribution in [1.82, 2.24) is 5.32 Å². The Morgan fingerprint density at radius 2 is 2.23 bits per heavy atom. The number of terminal acetylenes is 1. The van der Waals surface area contributed by atoms with Crippen LogP contribution in [0.5, 0.6) is 5.75 Å². The minimum atomic E-state index is -0.365. The molecule has 22 heavy (non-hydrogen) atoms. The number of nitrogens with zero attached hydrogens (tertiary/aromatic N) is 2. The van der Waals surface area contributed by atoms with Crippen molar-refractivity contribution in [3.05, 3.63) is 29.8 Å². The molecule has 0 aromatic heterocycles. The average Bonchev–Trinajstić information content (AvgIpc) is 3.31. The first-order valence-electron chi connectivity index (χ1n) is 7.23. The van der Waals surface area contributed by atoms with Gasteiger partial charge in [-0.05, 0) is 17.7 Å². The molecule has 0 aliphatic carbocycles. The van der Waals surface area contributed by atoms with Crippen molar-refractivity contribution in [2.24, 2.45) is 16.0 Å². The van der Waals surface area contributed by atoms with Gasteiger partial charge in [0, 0.05) is 32.4 Å². The van der Waals surface area contributed by atoms with Gasteiger partial charge < -0.3 is 15.8 Å². The number of benzene rings is 1. The molecule has 6 nitrogen and oxygen atoms in total. The number of carbonyl (C=O) groups excluding carboxylic acids is 1. The number of hydrogen-bond acceptors (Lipinski definition) is 5. The quantitative estimate of drug-likeness (QED) is 0.679. The average molecular weight is 300 g/mol. The summed E-state index contributed by atoms with van der Waals surface area (Å²) in [5.74, 6) is 3.03. The summed E-state index contributed by atoms with van der Waals surface area (Å²) in [6, 6.07) is 7.37. The van der Waals surface area contributed by atoms with Crippen LogP contribution in [0.25, 0.3) is 0 Å². The zero-order valence-electron chi connectivity index (χ0n) is 12.4. The Hall–Kier alpha value is -2.39. The Kier molecular flexibility index (Phi) is 5.50. The number of ether oxygens (including phenoxy) is 1. The van der Waals surface area contributed by atoms with Crippen molar-refractivity contribution in [3.8, 4) is 18.1 Å². The van der Waals surface area contributed by atoms with E-state index in [-0.39, 0.29) is 18.2 Å². The van der Waals surface area contributed by atoms with Gasteiger partial charge in [-0.25, -0.2) is 0 Å². The highest BCUT2D eigenvalue weighted by Crippen LogP contribution is 2.35. The molecule has 0 bridgehead atoms. The molecule has 3 N–H and O–H groups in total. The maximum Gasteiger partial charge on any atom is 0.257 e. The third-order valence-corrected chi connectivity index (χ3v) is 3.40. The molecule has 0 spiro atoms. The first-order valence-corrected chi connectivity index (χ1v) is 7.23. The summed E-state index contributed by atoms with van der Waals surface area (Å²) in [5.41, 5.74) is 6.15. The molecule has 6 heteroatoms. The van der Waals surface area contributed by atoms with E-state index in [2.05, 4.69) is 21.5 Å². The van der Waals surface area contributed by atoms with Gasteiger partial charge in [-0.2, -0.15) is 10.2 Å². The zero-order chi connectivity index (χ0) is 15.8. The Morgan fingerprint density at radius 3 is 2.91 bits per heavy atom. The van der Waals surface area contributed by atoms with E-state index in [9.17, 15) is 4.79 Å². The molecule has 1 heterocycles. The van der Waals surface area contributed by atoms with E-state index in [1.165, 1.54) is 0 Å². The van der Waals surface area contributed by atoms with E-state index in [1.807, 2.05) is 18.2 Å². The number of nitrogens with one attached hydrogen (secondary N) is 1. The molecular weight excluding hydrogens is 280 g/mol. The third kappa shape index (κ3) is 4.86. The molecule has 0 atom stereocenters. The van der Waals surface area contributed by atoms with E-state index in [0.29, 0.717) is 31.7 Å². The predicted molar refractivity (Wildman–Crippen MR) is 83.1 cm³/mol. The standard InChI is InChI=1S/C16H20N4O2/c1-2-3-7-16(19-20-16)8-9-18-15(21)12-22-14-6-4-5-13(10-14)11-17/h1,4-6,10H,3,7-9,11-12,17H2,(H,18,21). The van der Waals surface area contributed by atoms with Crippen molar-refractivity contribution < 1.29 is 9.53 Å². The van der Waals surface area contributed by atoms with Crippen LogP contribution >= 0.6 is 0 Å². The van der Waals surface area contributed by atoms with Crippen LogP contribution in [0.15, 0.2) is 34.5 Å². The third-order valence-electron chi connectivity index (χ3n) is 3.40. The summed E-state index contributed by atoms with van der Waals surface area (Å²) in [6.07, 6.45) is 7.28. The molecule has 2 rings (SSSR count). The maximum absolute atomic E-state index is 11.7. The van der Waals surface area contributed by atoms with Gasteiger partial charge in [0.25, 0.3) is 5.91 Å². The van der Waals surface area contributed by atoms with Gasteiger partial charge in [0.05, 0.1) is 0 Å². The molecule has 1 aromatic rings. The summed E-state index contributed by atoms with van der Waals surface area (Å²) in [4.78, 5) is 11.7. The van der Waals surface area contributed by atoms with E-state index in [4.69, 9.17) is 16.9 Å².